The van der Waals surface area contributed by atoms with Crippen LogP contribution in [-0.4, -0.2) is 47.6 Å². The number of amides is 3. The summed E-state index contributed by atoms with van der Waals surface area (Å²) in [4.78, 5) is 36.9. The maximum atomic E-state index is 11.3. The van der Waals surface area contributed by atoms with Crippen molar-refractivity contribution >= 4 is 29.2 Å². The van der Waals surface area contributed by atoms with Crippen LogP contribution in [0.4, 0.5) is 4.79 Å². The Morgan fingerprint density at radius 1 is 1.25 bits per heavy atom. The molecule has 1 rings (SSSR count). The smallest absolute Gasteiger partial charge is 0.322 e. The summed E-state index contributed by atoms with van der Waals surface area (Å²) < 4.78 is 0. The molecule has 8 nitrogen and oxygen atoms in total. The highest BCUT2D eigenvalue weighted by atomic mass is 32.1. The molecule has 1 heterocycles. The fourth-order valence-corrected chi connectivity index (χ4v) is 2.04. The molecule has 4 N–H and O–H groups in total. The number of aliphatic carboxylic acids is 1. The van der Waals surface area contributed by atoms with Crippen LogP contribution in [0.3, 0.4) is 0 Å². The zero-order chi connectivity index (χ0) is 15.0. The quantitative estimate of drug-likeness (QED) is 0.541. The summed E-state index contributed by atoms with van der Waals surface area (Å²) in [7, 11) is 0. The fraction of sp³-hybridized carbons (Fsp3) is 0.455. The Hall–Kier alpha value is -2.16. The van der Waals surface area contributed by atoms with Crippen LogP contribution >= 0.6 is 11.3 Å². The van der Waals surface area contributed by atoms with Crippen LogP contribution < -0.4 is 16.0 Å². The van der Waals surface area contributed by atoms with Crippen LogP contribution in [0.2, 0.25) is 0 Å². The Labute approximate surface area is 119 Å². The maximum absolute atomic E-state index is 11.3. The molecule has 0 aliphatic heterocycles. The van der Waals surface area contributed by atoms with Gasteiger partial charge in [-0.2, -0.15) is 0 Å². The fourth-order valence-electron chi connectivity index (χ4n) is 1.26. The van der Waals surface area contributed by atoms with Crippen molar-refractivity contribution in [1.29, 1.82) is 0 Å². The van der Waals surface area contributed by atoms with Crippen LogP contribution in [0.25, 0.3) is 0 Å². The van der Waals surface area contributed by atoms with E-state index < -0.39 is 24.5 Å². The highest BCUT2D eigenvalue weighted by Gasteiger charge is 2.06. The van der Waals surface area contributed by atoms with E-state index in [2.05, 4.69) is 20.9 Å². The number of nitrogens with one attached hydrogen (secondary N) is 3. The number of aromatic nitrogens is 1. The van der Waals surface area contributed by atoms with E-state index in [1.165, 1.54) is 11.3 Å². The number of carbonyl (C=O) groups is 3. The molecule has 1 aromatic heterocycles. The highest BCUT2D eigenvalue weighted by Crippen LogP contribution is 2.08. The van der Waals surface area contributed by atoms with Gasteiger partial charge in [0.15, 0.2) is 0 Å². The van der Waals surface area contributed by atoms with E-state index in [1.807, 2.05) is 12.3 Å². The van der Waals surface area contributed by atoms with E-state index in [0.29, 0.717) is 13.0 Å². The zero-order valence-electron chi connectivity index (χ0n) is 10.9. The lowest BCUT2D eigenvalue weighted by Gasteiger charge is -2.06. The molecule has 0 spiro atoms. The lowest BCUT2D eigenvalue weighted by atomic mass is 10.4. The second-order valence-electron chi connectivity index (χ2n) is 3.91. The van der Waals surface area contributed by atoms with Crippen molar-refractivity contribution < 1.29 is 19.5 Å². The minimum Gasteiger partial charge on any atom is -0.480 e. The third-order valence-corrected chi connectivity index (χ3v) is 3.16. The number of urea groups is 1. The van der Waals surface area contributed by atoms with Gasteiger partial charge in [-0.25, -0.2) is 9.78 Å². The summed E-state index contributed by atoms with van der Waals surface area (Å²) in [6, 6.07) is -0.483. The first kappa shape index (κ1) is 15.9. The van der Waals surface area contributed by atoms with Crippen molar-refractivity contribution in [2.45, 2.75) is 13.3 Å². The number of carboxylic acid groups (broad SMARTS) is 1. The molecule has 0 atom stereocenters. The number of hydrogen-bond acceptors (Lipinski definition) is 5. The summed E-state index contributed by atoms with van der Waals surface area (Å²) in [5.41, 5.74) is 0.949. The van der Waals surface area contributed by atoms with Gasteiger partial charge >= 0.3 is 12.0 Å². The predicted octanol–water partition coefficient (Wildman–Crippen LogP) is -0.506. The monoisotopic (exact) mass is 300 g/mol. The molecular weight excluding hydrogens is 284 g/mol. The molecule has 0 aromatic carbocycles. The van der Waals surface area contributed by atoms with Gasteiger partial charge in [0.25, 0.3) is 0 Å². The van der Waals surface area contributed by atoms with E-state index in [-0.39, 0.29) is 6.54 Å². The second kappa shape index (κ2) is 8.10. The number of thiazole rings is 1. The molecule has 0 aliphatic rings. The molecule has 9 heteroatoms. The van der Waals surface area contributed by atoms with Crippen LogP contribution in [0.1, 0.15) is 10.7 Å². The molecule has 1 aromatic rings. The SMILES string of the molecule is Cc1csc(CCNC(=O)NCC(=O)NCC(=O)O)n1. The van der Waals surface area contributed by atoms with Gasteiger partial charge in [0.05, 0.1) is 11.6 Å². The van der Waals surface area contributed by atoms with Crippen molar-refractivity contribution in [2.75, 3.05) is 19.6 Å². The molecule has 0 radical (unpaired) electrons. The average molecular weight is 300 g/mol. The van der Waals surface area contributed by atoms with E-state index >= 15 is 0 Å². The molecule has 0 bridgehead atoms. The summed E-state index contributed by atoms with van der Waals surface area (Å²) in [6.07, 6.45) is 0.622. The van der Waals surface area contributed by atoms with Crippen molar-refractivity contribution in [3.8, 4) is 0 Å². The molecular formula is C11H16N4O4S. The zero-order valence-corrected chi connectivity index (χ0v) is 11.7. The first-order chi connectivity index (χ1) is 9.47. The predicted molar refractivity (Wildman–Crippen MR) is 72.6 cm³/mol. The molecule has 0 fully saturated rings. The first-order valence-corrected chi connectivity index (χ1v) is 6.76. The lowest BCUT2D eigenvalue weighted by Crippen LogP contribution is -2.43. The van der Waals surface area contributed by atoms with Crippen LogP contribution in [0.5, 0.6) is 0 Å². The van der Waals surface area contributed by atoms with Gasteiger partial charge in [0.1, 0.15) is 6.54 Å². The summed E-state index contributed by atoms with van der Waals surface area (Å²) in [5, 5.41) is 18.3. The molecule has 0 saturated heterocycles. The van der Waals surface area contributed by atoms with Crippen LogP contribution in [0.15, 0.2) is 5.38 Å². The van der Waals surface area contributed by atoms with Crippen molar-refractivity contribution in [1.82, 2.24) is 20.9 Å². The van der Waals surface area contributed by atoms with Crippen LogP contribution in [0, 0.1) is 6.92 Å². The number of carbonyl (C=O) groups excluding carboxylic acids is 2. The summed E-state index contributed by atoms with van der Waals surface area (Å²) in [6.45, 7) is 1.58. The van der Waals surface area contributed by atoms with Gasteiger partial charge in [-0.05, 0) is 6.92 Å². The number of rotatable bonds is 7. The Bertz CT molecular complexity index is 489. The first-order valence-electron chi connectivity index (χ1n) is 5.88. The van der Waals surface area contributed by atoms with Gasteiger partial charge < -0.3 is 21.1 Å². The van der Waals surface area contributed by atoms with Gasteiger partial charge in [-0.15, -0.1) is 11.3 Å². The Kier molecular flexibility index (Phi) is 6.44. The van der Waals surface area contributed by atoms with Gasteiger partial charge in [0, 0.05) is 24.0 Å². The topological polar surface area (TPSA) is 120 Å². The minimum absolute atomic E-state index is 0.268. The Balaban J connectivity index is 2.11. The van der Waals surface area contributed by atoms with Gasteiger partial charge in [-0.3, -0.25) is 9.59 Å². The second-order valence-corrected chi connectivity index (χ2v) is 4.86. The van der Waals surface area contributed by atoms with Gasteiger partial charge in [0.2, 0.25) is 5.91 Å². The minimum atomic E-state index is -1.14. The maximum Gasteiger partial charge on any atom is 0.322 e. The molecule has 20 heavy (non-hydrogen) atoms. The Morgan fingerprint density at radius 2 is 2.00 bits per heavy atom. The van der Waals surface area contributed by atoms with E-state index in [9.17, 15) is 14.4 Å². The third kappa shape index (κ3) is 6.69. The average Bonchev–Trinajstić information content (AvgIpc) is 2.79. The lowest BCUT2D eigenvalue weighted by molar-refractivity contribution is -0.137. The van der Waals surface area contributed by atoms with E-state index in [4.69, 9.17) is 5.11 Å². The third-order valence-electron chi connectivity index (χ3n) is 2.14. The van der Waals surface area contributed by atoms with E-state index in [1.54, 1.807) is 0 Å². The molecule has 0 aliphatic carbocycles. The van der Waals surface area contributed by atoms with Crippen LogP contribution in [-0.2, 0) is 16.0 Å². The molecule has 110 valence electrons. The summed E-state index contributed by atoms with van der Waals surface area (Å²) in [5.74, 6) is -1.69. The molecule has 0 unspecified atom stereocenters. The standard InChI is InChI=1S/C11H16N4O4S/c1-7-6-20-9(15-7)2-3-12-11(19)14-4-8(16)13-5-10(17)18/h6H,2-5H2,1H3,(H,13,16)(H,17,18)(H2,12,14,19). The van der Waals surface area contributed by atoms with Gasteiger partial charge in [-0.1, -0.05) is 0 Å². The van der Waals surface area contributed by atoms with E-state index in [0.717, 1.165) is 10.7 Å². The molecule has 3 amide bonds. The Morgan fingerprint density at radius 3 is 2.60 bits per heavy atom. The summed E-state index contributed by atoms with van der Waals surface area (Å²) >= 11 is 1.53. The number of hydrogen-bond donors (Lipinski definition) is 4. The largest absolute Gasteiger partial charge is 0.480 e. The number of aryl methyl sites for hydroxylation is 1. The number of carboxylic acids is 1. The van der Waals surface area contributed by atoms with Crippen molar-refractivity contribution in [3.63, 3.8) is 0 Å². The van der Waals surface area contributed by atoms with Crippen molar-refractivity contribution in [2.24, 2.45) is 0 Å². The number of nitrogens with zero attached hydrogens (tertiary/aromatic N) is 1. The normalized spacial score (nSPS) is 9.85. The van der Waals surface area contributed by atoms with Crippen molar-refractivity contribution in [3.05, 3.63) is 16.1 Å². The molecule has 0 saturated carbocycles. The highest BCUT2D eigenvalue weighted by molar-refractivity contribution is 7.09.